The van der Waals surface area contributed by atoms with Gasteiger partial charge in [-0.15, -0.1) is 0 Å². The molecule has 1 saturated heterocycles. The molecule has 1 aromatic heterocycles. The van der Waals surface area contributed by atoms with Gasteiger partial charge < -0.3 is 4.90 Å². The smallest absolute Gasteiger partial charge is 0.186 e. The summed E-state index contributed by atoms with van der Waals surface area (Å²) in [7, 11) is 0. The van der Waals surface area contributed by atoms with Crippen molar-refractivity contribution < 1.29 is 5.11 Å². The molecule has 0 unspecified atom stereocenters. The molecule has 4 nitrogen and oxygen atoms in total. The minimum atomic E-state index is 0.0438. The topological polar surface area (TPSA) is 39.3 Å². The summed E-state index contributed by atoms with van der Waals surface area (Å²) in [5.74, 6) is 0.0438. The van der Waals surface area contributed by atoms with Gasteiger partial charge in [-0.05, 0) is 23.8 Å². The van der Waals surface area contributed by atoms with Crippen LogP contribution in [-0.2, 0) is 11.7 Å². The van der Waals surface area contributed by atoms with Crippen LogP contribution in [0.1, 0.15) is 5.56 Å². The average molecular weight is 359 g/mol. The van der Waals surface area contributed by atoms with Crippen molar-refractivity contribution in [3.05, 3.63) is 53.1 Å². The van der Waals surface area contributed by atoms with E-state index in [0.717, 1.165) is 53.1 Å². The van der Waals surface area contributed by atoms with E-state index in [-0.39, 0.29) is 5.75 Å². The molecule has 0 aliphatic carbocycles. The summed E-state index contributed by atoms with van der Waals surface area (Å²) in [5.41, 5.74) is 2.09. The monoisotopic (exact) mass is 358 g/mol. The third-order valence-corrected chi connectivity index (χ3v) is 5.79. The van der Waals surface area contributed by atoms with Crippen molar-refractivity contribution in [2.75, 3.05) is 31.1 Å². The van der Waals surface area contributed by atoms with Gasteiger partial charge in [0.25, 0.3) is 0 Å². The van der Waals surface area contributed by atoms with E-state index in [1.54, 1.807) is 23.5 Å². The van der Waals surface area contributed by atoms with Crippen LogP contribution in [0.25, 0.3) is 10.2 Å². The van der Waals surface area contributed by atoms with E-state index < -0.39 is 0 Å². The van der Waals surface area contributed by atoms with Crippen molar-refractivity contribution >= 4 is 38.3 Å². The maximum Gasteiger partial charge on any atom is 0.186 e. The van der Waals surface area contributed by atoms with Gasteiger partial charge in [-0.1, -0.05) is 41.1 Å². The quantitative estimate of drug-likeness (QED) is 0.696. The lowest BCUT2D eigenvalue weighted by Gasteiger charge is -2.34. The predicted molar refractivity (Wildman–Crippen MR) is 98.7 cm³/mol. The van der Waals surface area contributed by atoms with E-state index in [1.807, 2.05) is 24.3 Å². The number of aromatic nitrogens is 1. The van der Waals surface area contributed by atoms with Crippen molar-refractivity contribution in [2.45, 2.75) is 6.54 Å². The lowest BCUT2D eigenvalue weighted by molar-refractivity contribution is 0.250. The molecule has 4 rings (SSSR count). The zero-order chi connectivity index (χ0) is 16.5. The molecule has 123 valence electrons. The van der Waals surface area contributed by atoms with Gasteiger partial charge in [-0.3, -0.25) is 10.0 Å². The van der Waals surface area contributed by atoms with Crippen LogP contribution >= 0.6 is 22.9 Å². The third kappa shape index (κ3) is 3.20. The molecule has 3 aromatic rings. The molecule has 24 heavy (non-hydrogen) atoms. The van der Waals surface area contributed by atoms with Crippen LogP contribution < -0.4 is 4.90 Å². The molecule has 6 heteroatoms. The number of rotatable bonds is 3. The number of fused-ring (bicyclic) bond motifs is 1. The number of piperazine rings is 1. The highest BCUT2D eigenvalue weighted by Crippen LogP contribution is 2.31. The second-order valence-corrected chi connectivity index (χ2v) is 7.40. The fraction of sp³-hybridized carbons (Fsp3) is 0.278. The minimum Gasteiger partial charge on any atom is -0.345 e. The minimum absolute atomic E-state index is 0.0438. The average Bonchev–Trinajstić information content (AvgIpc) is 3.01. The van der Waals surface area contributed by atoms with E-state index in [2.05, 4.69) is 20.9 Å². The first kappa shape index (κ1) is 15.7. The maximum absolute atomic E-state index is 11.5. The fourth-order valence-corrected chi connectivity index (χ4v) is 4.23. The zero-order valence-corrected chi connectivity index (χ0v) is 14.7. The summed E-state index contributed by atoms with van der Waals surface area (Å²) in [4.78, 5) is 9.39. The number of thiazole rings is 1. The molecule has 1 aliphatic heterocycles. The van der Waals surface area contributed by atoms with Crippen molar-refractivity contribution in [2.24, 2.45) is 0 Å². The summed E-state index contributed by atoms with van der Waals surface area (Å²) >= 11 is 7.86. The number of halogens is 1. The van der Waals surface area contributed by atoms with Crippen molar-refractivity contribution in [1.82, 2.24) is 9.88 Å². The lowest BCUT2D eigenvalue weighted by Crippen LogP contribution is -2.45. The van der Waals surface area contributed by atoms with Crippen LogP contribution in [0.2, 0.25) is 5.02 Å². The Hall–Kier alpha value is -1.82. The van der Waals surface area contributed by atoms with Crippen LogP contribution in [0.5, 0.6) is 5.75 Å². The zero-order valence-electron chi connectivity index (χ0n) is 13.1. The van der Waals surface area contributed by atoms with E-state index >= 15 is 0 Å². The largest absolute Gasteiger partial charge is 0.345 e. The molecule has 0 spiro atoms. The van der Waals surface area contributed by atoms with E-state index in [1.165, 1.54) is 5.56 Å². The van der Waals surface area contributed by atoms with E-state index in [0.29, 0.717) is 0 Å². The van der Waals surface area contributed by atoms with Crippen molar-refractivity contribution in [3.63, 3.8) is 0 Å². The second-order valence-electron chi connectivity index (χ2n) is 5.98. The fourth-order valence-electron chi connectivity index (χ4n) is 2.99. The summed E-state index contributed by atoms with van der Waals surface area (Å²) in [5, 5.41) is 13.3. The van der Waals surface area contributed by atoms with Crippen LogP contribution in [0, 0.1) is 0 Å². The van der Waals surface area contributed by atoms with Crippen molar-refractivity contribution in [1.29, 1.82) is 0 Å². The molecule has 0 amide bonds. The lowest BCUT2D eigenvalue weighted by atomic mass is 10.2. The predicted octanol–water partition coefficient (Wildman–Crippen LogP) is 4.42. The summed E-state index contributed by atoms with van der Waals surface area (Å²) in [6.07, 6.45) is 0. The molecule has 2 aromatic carbocycles. The van der Waals surface area contributed by atoms with Gasteiger partial charge in [0.2, 0.25) is 0 Å². The second kappa shape index (κ2) is 6.59. The molecular weight excluding hydrogens is 342 g/mol. The highest BCUT2D eigenvalue weighted by Gasteiger charge is 2.20. The van der Waals surface area contributed by atoms with E-state index in [9.17, 15) is 5.11 Å². The first-order valence-electron chi connectivity index (χ1n) is 7.97. The number of hydrogen-bond donors (Lipinski definition) is 0. The molecule has 1 radical (unpaired) electrons. The van der Waals surface area contributed by atoms with Gasteiger partial charge >= 0.3 is 0 Å². The Labute approximate surface area is 149 Å². The first-order valence-corrected chi connectivity index (χ1v) is 9.17. The number of benzene rings is 2. The summed E-state index contributed by atoms with van der Waals surface area (Å²) in [6, 6.07) is 13.1. The summed E-state index contributed by atoms with van der Waals surface area (Å²) in [6.45, 7) is 4.72. The van der Waals surface area contributed by atoms with Crippen LogP contribution in [0.4, 0.5) is 5.13 Å². The van der Waals surface area contributed by atoms with Gasteiger partial charge in [-0.25, -0.2) is 4.98 Å². The van der Waals surface area contributed by atoms with Gasteiger partial charge in [0.15, 0.2) is 10.9 Å². The van der Waals surface area contributed by atoms with Gasteiger partial charge in [0.1, 0.15) is 0 Å². The normalized spacial score (nSPS) is 16.0. The van der Waals surface area contributed by atoms with Gasteiger partial charge in [0, 0.05) is 43.8 Å². The Morgan fingerprint density at radius 2 is 1.88 bits per heavy atom. The van der Waals surface area contributed by atoms with Crippen molar-refractivity contribution in [3.8, 4) is 5.75 Å². The molecule has 0 saturated carbocycles. The molecule has 1 fully saturated rings. The van der Waals surface area contributed by atoms with E-state index in [4.69, 9.17) is 11.6 Å². The van der Waals surface area contributed by atoms with Crippen LogP contribution in [0.15, 0.2) is 42.5 Å². The highest BCUT2D eigenvalue weighted by atomic mass is 35.5. The maximum atomic E-state index is 11.5. The van der Waals surface area contributed by atoms with Crippen LogP contribution in [0.3, 0.4) is 0 Å². The molecule has 1 aliphatic rings. The highest BCUT2D eigenvalue weighted by molar-refractivity contribution is 7.22. The Morgan fingerprint density at radius 3 is 2.67 bits per heavy atom. The van der Waals surface area contributed by atoms with Gasteiger partial charge in [0.05, 0.1) is 10.2 Å². The molecule has 0 atom stereocenters. The molecular formula is C18H17ClN3OS. The third-order valence-electron chi connectivity index (χ3n) is 4.34. The van der Waals surface area contributed by atoms with Crippen LogP contribution in [-0.4, -0.2) is 36.1 Å². The standard InChI is InChI=1S/C18H17ClN3OS/c19-15-4-2-1-3-13(15)12-21-7-9-22(10-8-21)18-20-16-6-5-14(23)11-17(16)24-18/h1-6,11H,7-10,12H2. The molecule has 0 bridgehead atoms. The number of anilines is 1. The molecule has 2 heterocycles. The number of hydrogen-bond acceptors (Lipinski definition) is 4. The molecule has 0 N–H and O–H groups in total. The Kier molecular flexibility index (Phi) is 4.31. The first-order chi connectivity index (χ1) is 11.7. The summed E-state index contributed by atoms with van der Waals surface area (Å²) < 4.78 is 0.969. The Balaban J connectivity index is 1.42. The number of nitrogens with zero attached hydrogens (tertiary/aromatic N) is 3. The van der Waals surface area contributed by atoms with Gasteiger partial charge in [-0.2, -0.15) is 0 Å². The Morgan fingerprint density at radius 1 is 1.08 bits per heavy atom. The Bertz CT molecular complexity index is 858. The SMILES string of the molecule is [O]c1ccc2nc(N3CCN(Cc4ccccc4Cl)CC3)sc2c1.